The van der Waals surface area contributed by atoms with Crippen LogP contribution >= 0.6 is 0 Å². The molecule has 24 heavy (non-hydrogen) atoms. The van der Waals surface area contributed by atoms with Crippen molar-refractivity contribution in [2.45, 2.75) is 12.5 Å². The highest BCUT2D eigenvalue weighted by atomic mass is 16.6. The molecule has 3 aliphatic rings. The number of nitrogens with zero attached hydrogens (tertiary/aromatic N) is 1. The van der Waals surface area contributed by atoms with Crippen LogP contribution in [0.4, 0.5) is 0 Å². The number of fused-ring (bicyclic) bond motifs is 1. The monoisotopic (exact) mass is 333 g/mol. The van der Waals surface area contributed by atoms with Gasteiger partial charge in [0.1, 0.15) is 19.3 Å². The van der Waals surface area contributed by atoms with E-state index in [1.165, 1.54) is 0 Å². The smallest absolute Gasteiger partial charge is 0.307 e. The van der Waals surface area contributed by atoms with E-state index in [4.69, 9.17) is 18.9 Å². The number of rotatable bonds is 2. The Balaban J connectivity index is 1.58. The number of esters is 1. The molecule has 1 aromatic carbocycles. The molecule has 7 heteroatoms. The van der Waals surface area contributed by atoms with Crippen LogP contribution < -0.4 is 9.47 Å². The molecular formula is C17H19NO6. The predicted octanol–water partition coefficient (Wildman–Crippen LogP) is 0.921. The van der Waals surface area contributed by atoms with Crippen LogP contribution in [0.2, 0.25) is 0 Å². The average Bonchev–Trinajstić information content (AvgIpc) is 3.03. The van der Waals surface area contributed by atoms with E-state index in [9.17, 15) is 9.59 Å². The van der Waals surface area contributed by atoms with Gasteiger partial charge in [0.25, 0.3) is 0 Å². The molecule has 0 unspecified atom stereocenters. The number of amides is 1. The highest BCUT2D eigenvalue weighted by molar-refractivity contribution is 5.87. The molecule has 0 saturated carbocycles. The number of hydrogen-bond acceptors (Lipinski definition) is 6. The van der Waals surface area contributed by atoms with Gasteiger partial charge in [-0.3, -0.25) is 9.59 Å². The van der Waals surface area contributed by atoms with E-state index in [0.717, 1.165) is 5.56 Å². The van der Waals surface area contributed by atoms with Crippen LogP contribution in [0.3, 0.4) is 0 Å². The van der Waals surface area contributed by atoms with Gasteiger partial charge in [-0.15, -0.1) is 0 Å². The van der Waals surface area contributed by atoms with E-state index in [1.54, 1.807) is 17.0 Å². The van der Waals surface area contributed by atoms with E-state index in [2.05, 4.69) is 0 Å². The SMILES string of the molecule is O=C1C[C@@H](C(=O)N2CCOCC2)[C@@H](c2ccc3c(c2)OCCO3)O1. The minimum Gasteiger partial charge on any atom is -0.486 e. The standard InChI is InChI=1S/C17H19NO6/c19-15-10-12(17(20)18-3-5-21-6-4-18)16(24-15)11-1-2-13-14(9-11)23-8-7-22-13/h1-2,9,12,16H,3-8,10H2/t12-,16-/m1/s1. The maximum Gasteiger partial charge on any atom is 0.307 e. The summed E-state index contributed by atoms with van der Waals surface area (Å²) in [6.45, 7) is 3.17. The summed E-state index contributed by atoms with van der Waals surface area (Å²) in [4.78, 5) is 26.4. The van der Waals surface area contributed by atoms with Gasteiger partial charge < -0.3 is 23.8 Å². The number of ether oxygens (including phenoxy) is 4. The third kappa shape index (κ3) is 2.80. The Morgan fingerprint density at radius 3 is 2.58 bits per heavy atom. The first-order chi connectivity index (χ1) is 11.7. The predicted molar refractivity (Wildman–Crippen MR) is 81.8 cm³/mol. The highest BCUT2D eigenvalue weighted by Crippen LogP contribution is 2.40. The van der Waals surface area contributed by atoms with Crippen molar-refractivity contribution < 1.29 is 28.5 Å². The molecule has 1 amide bonds. The summed E-state index contributed by atoms with van der Waals surface area (Å²) in [6, 6.07) is 5.43. The number of hydrogen-bond donors (Lipinski definition) is 0. The van der Waals surface area contributed by atoms with Crippen LogP contribution in [-0.2, 0) is 19.1 Å². The Labute approximate surface area is 139 Å². The average molecular weight is 333 g/mol. The molecule has 0 radical (unpaired) electrons. The second-order valence-electron chi connectivity index (χ2n) is 6.06. The zero-order valence-corrected chi connectivity index (χ0v) is 13.2. The fourth-order valence-corrected chi connectivity index (χ4v) is 3.33. The van der Waals surface area contributed by atoms with Crippen molar-refractivity contribution in [1.29, 1.82) is 0 Å². The summed E-state index contributed by atoms with van der Waals surface area (Å²) in [7, 11) is 0. The second kappa shape index (κ2) is 6.32. The Hall–Kier alpha value is -2.28. The number of carbonyl (C=O) groups is 2. The fourth-order valence-electron chi connectivity index (χ4n) is 3.33. The zero-order chi connectivity index (χ0) is 16.5. The molecule has 2 atom stereocenters. The summed E-state index contributed by atoms with van der Waals surface area (Å²) >= 11 is 0. The van der Waals surface area contributed by atoms with Gasteiger partial charge >= 0.3 is 5.97 Å². The first kappa shape index (κ1) is 15.3. The lowest BCUT2D eigenvalue weighted by Gasteiger charge is -2.30. The number of benzene rings is 1. The Morgan fingerprint density at radius 2 is 1.79 bits per heavy atom. The van der Waals surface area contributed by atoms with Gasteiger partial charge in [0.2, 0.25) is 5.91 Å². The summed E-state index contributed by atoms with van der Waals surface area (Å²) in [6.07, 6.45) is -0.473. The summed E-state index contributed by atoms with van der Waals surface area (Å²) in [5.74, 6) is 0.397. The topological polar surface area (TPSA) is 74.3 Å². The van der Waals surface area contributed by atoms with Crippen LogP contribution in [0.15, 0.2) is 18.2 Å². The molecule has 0 spiro atoms. The largest absolute Gasteiger partial charge is 0.486 e. The Kier molecular flexibility index (Phi) is 4.02. The lowest BCUT2D eigenvalue weighted by Crippen LogP contribution is -2.44. The van der Waals surface area contributed by atoms with Gasteiger partial charge in [-0.25, -0.2) is 0 Å². The van der Waals surface area contributed by atoms with Crippen LogP contribution in [0, 0.1) is 5.92 Å². The first-order valence-corrected chi connectivity index (χ1v) is 8.18. The van der Waals surface area contributed by atoms with Crippen molar-refractivity contribution in [3.05, 3.63) is 23.8 Å². The molecular weight excluding hydrogens is 314 g/mol. The maximum atomic E-state index is 12.8. The van der Waals surface area contributed by atoms with Crippen LogP contribution in [0.25, 0.3) is 0 Å². The normalized spacial score (nSPS) is 26.2. The minimum absolute atomic E-state index is 0.0518. The van der Waals surface area contributed by atoms with E-state index in [0.29, 0.717) is 51.0 Å². The molecule has 128 valence electrons. The van der Waals surface area contributed by atoms with Crippen molar-refractivity contribution in [3.63, 3.8) is 0 Å². The second-order valence-corrected chi connectivity index (χ2v) is 6.06. The Morgan fingerprint density at radius 1 is 1.04 bits per heavy atom. The van der Waals surface area contributed by atoms with Gasteiger partial charge in [0.15, 0.2) is 11.5 Å². The molecule has 3 aliphatic heterocycles. The number of cyclic esters (lactones) is 1. The number of morpholine rings is 1. The van der Waals surface area contributed by atoms with Gasteiger partial charge in [-0.05, 0) is 17.7 Å². The van der Waals surface area contributed by atoms with Crippen LogP contribution in [0.5, 0.6) is 11.5 Å². The van der Waals surface area contributed by atoms with Gasteiger partial charge in [-0.1, -0.05) is 6.07 Å². The van der Waals surface area contributed by atoms with Crippen molar-refractivity contribution >= 4 is 11.9 Å². The zero-order valence-electron chi connectivity index (χ0n) is 13.2. The lowest BCUT2D eigenvalue weighted by molar-refractivity contribution is -0.143. The Bertz CT molecular complexity index is 654. The van der Waals surface area contributed by atoms with Crippen molar-refractivity contribution in [2.24, 2.45) is 5.92 Å². The van der Waals surface area contributed by atoms with Crippen LogP contribution in [0.1, 0.15) is 18.1 Å². The van der Waals surface area contributed by atoms with Gasteiger partial charge in [-0.2, -0.15) is 0 Å². The summed E-state index contributed by atoms with van der Waals surface area (Å²) in [5, 5.41) is 0. The quantitative estimate of drug-likeness (QED) is 0.750. The third-order valence-corrected chi connectivity index (χ3v) is 4.55. The van der Waals surface area contributed by atoms with Crippen molar-refractivity contribution in [1.82, 2.24) is 4.90 Å². The molecule has 0 aromatic heterocycles. The van der Waals surface area contributed by atoms with E-state index in [-0.39, 0.29) is 18.3 Å². The van der Waals surface area contributed by atoms with Crippen molar-refractivity contribution in [2.75, 3.05) is 39.5 Å². The molecule has 3 heterocycles. The van der Waals surface area contributed by atoms with Crippen molar-refractivity contribution in [3.8, 4) is 11.5 Å². The highest BCUT2D eigenvalue weighted by Gasteiger charge is 2.43. The summed E-state index contributed by atoms with van der Waals surface area (Å²) in [5.41, 5.74) is 0.761. The maximum absolute atomic E-state index is 12.8. The molecule has 0 aliphatic carbocycles. The van der Waals surface area contributed by atoms with E-state index < -0.39 is 12.0 Å². The van der Waals surface area contributed by atoms with E-state index >= 15 is 0 Å². The molecule has 4 rings (SSSR count). The number of carbonyl (C=O) groups excluding carboxylic acids is 2. The summed E-state index contributed by atoms with van der Waals surface area (Å²) < 4.78 is 21.8. The third-order valence-electron chi connectivity index (χ3n) is 4.55. The first-order valence-electron chi connectivity index (χ1n) is 8.18. The van der Waals surface area contributed by atoms with Gasteiger partial charge in [0, 0.05) is 13.1 Å². The molecule has 7 nitrogen and oxygen atoms in total. The molecule has 2 fully saturated rings. The lowest BCUT2D eigenvalue weighted by atomic mass is 9.93. The fraction of sp³-hybridized carbons (Fsp3) is 0.529. The minimum atomic E-state index is -0.580. The van der Waals surface area contributed by atoms with Gasteiger partial charge in [0.05, 0.1) is 25.6 Å². The molecule has 2 saturated heterocycles. The van der Waals surface area contributed by atoms with E-state index in [1.807, 2.05) is 6.07 Å². The van der Waals surface area contributed by atoms with Crippen LogP contribution in [-0.4, -0.2) is 56.3 Å². The molecule has 0 N–H and O–H groups in total. The molecule has 0 bridgehead atoms. The molecule has 1 aromatic rings.